The molecule has 2 nitrogen and oxygen atoms in total. The van der Waals surface area contributed by atoms with E-state index < -0.39 is 0 Å². The Labute approximate surface area is 123 Å². The molecule has 1 N–H and O–H groups in total. The molecule has 0 saturated carbocycles. The van der Waals surface area contributed by atoms with Crippen LogP contribution < -0.4 is 5.32 Å². The van der Waals surface area contributed by atoms with E-state index in [4.69, 9.17) is 4.74 Å². The number of nitrogens with one attached hydrogen (secondary N) is 1. The fourth-order valence-corrected chi connectivity index (χ4v) is 5.26. The Bertz CT molecular complexity index is 297. The van der Waals surface area contributed by atoms with E-state index in [0.29, 0.717) is 12.0 Å². The third kappa shape index (κ3) is 3.68. The van der Waals surface area contributed by atoms with Gasteiger partial charge in [0.2, 0.25) is 0 Å². The van der Waals surface area contributed by atoms with Gasteiger partial charge in [0.15, 0.2) is 0 Å². The summed E-state index contributed by atoms with van der Waals surface area (Å²) in [5, 5.41) is 3.85. The second kappa shape index (κ2) is 5.95. The van der Waals surface area contributed by atoms with Gasteiger partial charge in [-0.2, -0.15) is 11.8 Å². The molecule has 2 aliphatic heterocycles. The lowest BCUT2D eigenvalue weighted by molar-refractivity contribution is -0.0792. The molecular formula is C16H31NOS. The van der Waals surface area contributed by atoms with Gasteiger partial charge in [0.1, 0.15) is 0 Å². The van der Waals surface area contributed by atoms with Crippen molar-refractivity contribution in [1.82, 2.24) is 5.32 Å². The third-order valence-electron chi connectivity index (χ3n) is 4.68. The third-order valence-corrected chi connectivity index (χ3v) is 5.87. The summed E-state index contributed by atoms with van der Waals surface area (Å²) in [6.07, 6.45) is 3.77. The Kier molecular flexibility index (Phi) is 4.90. The van der Waals surface area contributed by atoms with Gasteiger partial charge in [0.05, 0.1) is 11.2 Å². The highest BCUT2D eigenvalue weighted by Crippen LogP contribution is 2.46. The molecule has 19 heavy (non-hydrogen) atoms. The fraction of sp³-hybridized carbons (Fsp3) is 1.00. The standard InChI is InChI=1S/C16H31NOS/c1-6-8-17-14(12-7-9-19-11-12)13-10-15(2,3)18-16(13,4)5/h12-14,17H,6-11H2,1-5H3. The quantitative estimate of drug-likeness (QED) is 0.832. The zero-order chi connectivity index (χ0) is 14.1. The summed E-state index contributed by atoms with van der Waals surface area (Å²) in [7, 11) is 0. The maximum absolute atomic E-state index is 6.32. The molecule has 2 heterocycles. The lowest BCUT2D eigenvalue weighted by Crippen LogP contribution is -2.48. The first-order valence-electron chi connectivity index (χ1n) is 7.87. The maximum Gasteiger partial charge on any atom is 0.0677 e. The van der Waals surface area contributed by atoms with Crippen LogP contribution in [0.25, 0.3) is 0 Å². The summed E-state index contributed by atoms with van der Waals surface area (Å²) < 4.78 is 6.32. The van der Waals surface area contributed by atoms with Crippen molar-refractivity contribution in [2.24, 2.45) is 11.8 Å². The first kappa shape index (κ1) is 15.7. The molecule has 3 atom stereocenters. The van der Waals surface area contributed by atoms with Crippen LogP contribution in [-0.2, 0) is 4.74 Å². The second-order valence-corrected chi connectivity index (χ2v) is 8.53. The molecule has 0 aromatic carbocycles. The topological polar surface area (TPSA) is 21.3 Å². The van der Waals surface area contributed by atoms with E-state index in [1.165, 1.54) is 30.8 Å². The van der Waals surface area contributed by atoms with E-state index in [1.807, 2.05) is 0 Å². The molecule has 3 heteroatoms. The SMILES string of the molecule is CCCNC(C1CCSC1)C1CC(C)(C)OC1(C)C. The smallest absolute Gasteiger partial charge is 0.0677 e. The summed E-state index contributed by atoms with van der Waals surface area (Å²) in [5.41, 5.74) is 0.0359. The Balaban J connectivity index is 2.12. The second-order valence-electron chi connectivity index (χ2n) is 7.38. The number of hydrogen-bond donors (Lipinski definition) is 1. The van der Waals surface area contributed by atoms with Gasteiger partial charge in [-0.25, -0.2) is 0 Å². The van der Waals surface area contributed by atoms with E-state index in [9.17, 15) is 0 Å². The van der Waals surface area contributed by atoms with Gasteiger partial charge in [-0.15, -0.1) is 0 Å². The molecule has 0 spiro atoms. The minimum atomic E-state index is 0.00215. The molecule has 2 fully saturated rings. The summed E-state index contributed by atoms with van der Waals surface area (Å²) in [4.78, 5) is 0. The average Bonchev–Trinajstić information content (AvgIpc) is 2.86. The predicted molar refractivity (Wildman–Crippen MR) is 84.9 cm³/mol. The molecule has 112 valence electrons. The van der Waals surface area contributed by atoms with Crippen LogP contribution in [-0.4, -0.2) is 35.3 Å². The maximum atomic E-state index is 6.32. The van der Waals surface area contributed by atoms with Crippen molar-refractivity contribution in [3.05, 3.63) is 0 Å². The summed E-state index contributed by atoms with van der Waals surface area (Å²) in [6, 6.07) is 0.631. The minimum Gasteiger partial charge on any atom is -0.369 e. The van der Waals surface area contributed by atoms with E-state index in [-0.39, 0.29) is 11.2 Å². The number of ether oxygens (including phenoxy) is 1. The number of rotatable bonds is 5. The Hall–Kier alpha value is 0.270. The van der Waals surface area contributed by atoms with Crippen molar-refractivity contribution in [2.75, 3.05) is 18.1 Å². The fourth-order valence-electron chi connectivity index (χ4n) is 3.95. The van der Waals surface area contributed by atoms with Gasteiger partial charge < -0.3 is 10.1 Å². The van der Waals surface area contributed by atoms with Crippen molar-refractivity contribution < 1.29 is 4.74 Å². The highest BCUT2D eigenvalue weighted by Gasteiger charge is 2.50. The van der Waals surface area contributed by atoms with Crippen LogP contribution in [0.1, 0.15) is 53.9 Å². The lowest BCUT2D eigenvalue weighted by atomic mass is 9.76. The lowest BCUT2D eigenvalue weighted by Gasteiger charge is -2.36. The zero-order valence-electron chi connectivity index (χ0n) is 13.3. The summed E-state index contributed by atoms with van der Waals surface area (Å²) >= 11 is 2.12. The average molecular weight is 285 g/mol. The van der Waals surface area contributed by atoms with E-state index >= 15 is 0 Å². The van der Waals surface area contributed by atoms with Gasteiger partial charge >= 0.3 is 0 Å². The van der Waals surface area contributed by atoms with Gasteiger partial charge in [0, 0.05) is 12.0 Å². The summed E-state index contributed by atoms with van der Waals surface area (Å²) in [6.45, 7) is 12.5. The van der Waals surface area contributed by atoms with E-state index in [2.05, 4.69) is 51.7 Å². The van der Waals surface area contributed by atoms with Crippen molar-refractivity contribution in [3.8, 4) is 0 Å². The molecule has 2 aliphatic rings. The first-order valence-corrected chi connectivity index (χ1v) is 9.02. The molecule has 0 aliphatic carbocycles. The van der Waals surface area contributed by atoms with Crippen molar-refractivity contribution in [3.63, 3.8) is 0 Å². The summed E-state index contributed by atoms with van der Waals surface area (Å²) in [5.74, 6) is 4.14. The van der Waals surface area contributed by atoms with Gasteiger partial charge in [-0.3, -0.25) is 0 Å². The minimum absolute atomic E-state index is 0.00215. The molecule has 3 unspecified atom stereocenters. The molecular weight excluding hydrogens is 254 g/mol. The van der Waals surface area contributed by atoms with Crippen molar-refractivity contribution in [1.29, 1.82) is 0 Å². The van der Waals surface area contributed by atoms with Gasteiger partial charge in [0.25, 0.3) is 0 Å². The molecule has 0 amide bonds. The van der Waals surface area contributed by atoms with Crippen LogP contribution >= 0.6 is 11.8 Å². The van der Waals surface area contributed by atoms with Gasteiger partial charge in [-0.1, -0.05) is 6.92 Å². The van der Waals surface area contributed by atoms with Crippen LogP contribution in [0.3, 0.4) is 0 Å². The monoisotopic (exact) mass is 285 g/mol. The molecule has 0 aromatic heterocycles. The van der Waals surface area contributed by atoms with Crippen LogP contribution in [0.15, 0.2) is 0 Å². The van der Waals surface area contributed by atoms with E-state index in [1.54, 1.807) is 0 Å². The van der Waals surface area contributed by atoms with E-state index in [0.717, 1.165) is 12.5 Å². The number of thioether (sulfide) groups is 1. The molecule has 0 aromatic rings. The van der Waals surface area contributed by atoms with Crippen molar-refractivity contribution in [2.45, 2.75) is 71.1 Å². The van der Waals surface area contributed by atoms with Crippen LogP contribution in [0.4, 0.5) is 0 Å². The Morgan fingerprint density at radius 1 is 1.32 bits per heavy atom. The Morgan fingerprint density at radius 3 is 2.53 bits per heavy atom. The van der Waals surface area contributed by atoms with Crippen molar-refractivity contribution >= 4 is 11.8 Å². The number of hydrogen-bond acceptors (Lipinski definition) is 3. The first-order chi connectivity index (χ1) is 8.86. The highest BCUT2D eigenvalue weighted by molar-refractivity contribution is 7.99. The van der Waals surface area contributed by atoms with Gasteiger partial charge in [-0.05, 0) is 70.9 Å². The largest absolute Gasteiger partial charge is 0.369 e. The van der Waals surface area contributed by atoms with Crippen LogP contribution in [0, 0.1) is 11.8 Å². The Morgan fingerprint density at radius 2 is 2.05 bits per heavy atom. The molecule has 0 radical (unpaired) electrons. The van der Waals surface area contributed by atoms with Crippen LogP contribution in [0.2, 0.25) is 0 Å². The molecule has 0 bridgehead atoms. The predicted octanol–water partition coefficient (Wildman–Crippen LogP) is 3.70. The molecule has 2 saturated heterocycles. The van der Waals surface area contributed by atoms with Crippen LogP contribution in [0.5, 0.6) is 0 Å². The molecule has 2 rings (SSSR count). The zero-order valence-corrected chi connectivity index (χ0v) is 14.1. The normalized spacial score (nSPS) is 34.6. The highest BCUT2D eigenvalue weighted by atomic mass is 32.2.